The molecule has 10 heteroatoms. The number of anilines is 2. The Morgan fingerprint density at radius 3 is 2.50 bits per heavy atom. The minimum atomic E-state index is -0.816. The number of hydrogen-bond acceptors (Lipinski definition) is 4. The standard InChI is InChI=1S/C18H13Cl3N4O3/c1-8(26)24(10-4-2-9(19)3-5-10)13-7-22-15-14(21)11(20)6-12-16(15)25(13)18(28)17(27)23-12/h2-6,13,22H,7H2,1H3,(H,23,27). The van der Waals surface area contributed by atoms with Crippen LogP contribution in [0.2, 0.25) is 15.1 Å². The highest BCUT2D eigenvalue weighted by atomic mass is 35.5. The molecule has 0 saturated heterocycles. The molecule has 4 rings (SSSR count). The van der Waals surface area contributed by atoms with Crippen LogP contribution in [-0.2, 0) is 4.79 Å². The second-order valence-corrected chi connectivity index (χ2v) is 7.52. The van der Waals surface area contributed by atoms with E-state index in [1.165, 1.54) is 22.5 Å². The van der Waals surface area contributed by atoms with Crippen molar-refractivity contribution in [3.63, 3.8) is 0 Å². The number of benzene rings is 2. The van der Waals surface area contributed by atoms with Crippen LogP contribution in [0.5, 0.6) is 0 Å². The van der Waals surface area contributed by atoms with Crippen LogP contribution in [0.15, 0.2) is 39.9 Å². The Balaban J connectivity index is 2.03. The van der Waals surface area contributed by atoms with Crippen molar-refractivity contribution >= 4 is 63.1 Å². The largest absolute Gasteiger partial charge is 0.378 e. The first-order chi connectivity index (χ1) is 13.3. The molecule has 3 aromatic rings. The fourth-order valence-electron chi connectivity index (χ4n) is 3.45. The Labute approximate surface area is 173 Å². The summed E-state index contributed by atoms with van der Waals surface area (Å²) in [5, 5.41) is 4.11. The summed E-state index contributed by atoms with van der Waals surface area (Å²) in [5.74, 6) is -0.307. The average Bonchev–Trinajstić information content (AvgIpc) is 2.65. The quantitative estimate of drug-likeness (QED) is 0.597. The van der Waals surface area contributed by atoms with Crippen LogP contribution in [0.4, 0.5) is 11.4 Å². The molecular formula is C18H13Cl3N4O3. The summed E-state index contributed by atoms with van der Waals surface area (Å²) in [6.45, 7) is 1.53. The number of halogens is 3. The molecule has 144 valence electrons. The van der Waals surface area contributed by atoms with E-state index >= 15 is 0 Å². The van der Waals surface area contributed by atoms with Crippen molar-refractivity contribution < 1.29 is 4.79 Å². The molecule has 1 unspecified atom stereocenters. The maximum atomic E-state index is 12.8. The Morgan fingerprint density at radius 1 is 1.18 bits per heavy atom. The van der Waals surface area contributed by atoms with Gasteiger partial charge < -0.3 is 10.3 Å². The van der Waals surface area contributed by atoms with E-state index in [0.717, 1.165) is 0 Å². The van der Waals surface area contributed by atoms with E-state index in [1.807, 2.05) is 0 Å². The van der Waals surface area contributed by atoms with Crippen LogP contribution in [0.25, 0.3) is 11.0 Å². The van der Waals surface area contributed by atoms with Gasteiger partial charge in [-0.3, -0.25) is 23.9 Å². The Kier molecular flexibility index (Phi) is 4.61. The van der Waals surface area contributed by atoms with E-state index in [4.69, 9.17) is 34.8 Å². The van der Waals surface area contributed by atoms with Crippen molar-refractivity contribution in [2.45, 2.75) is 13.1 Å². The van der Waals surface area contributed by atoms with E-state index in [0.29, 0.717) is 27.4 Å². The van der Waals surface area contributed by atoms with Crippen LogP contribution in [0, 0.1) is 0 Å². The van der Waals surface area contributed by atoms with Gasteiger partial charge in [0, 0.05) is 17.6 Å². The molecular weight excluding hydrogens is 427 g/mol. The molecule has 2 heterocycles. The van der Waals surface area contributed by atoms with Gasteiger partial charge in [0.1, 0.15) is 6.17 Å². The molecule has 28 heavy (non-hydrogen) atoms. The number of H-pyrrole nitrogens is 1. The lowest BCUT2D eigenvalue weighted by molar-refractivity contribution is -0.117. The number of aromatic nitrogens is 2. The Morgan fingerprint density at radius 2 is 1.86 bits per heavy atom. The molecule has 0 spiro atoms. The fourth-order valence-corrected chi connectivity index (χ4v) is 3.99. The number of rotatable bonds is 2. The van der Waals surface area contributed by atoms with Crippen LogP contribution in [-0.4, -0.2) is 22.0 Å². The third-order valence-electron chi connectivity index (χ3n) is 4.60. The van der Waals surface area contributed by atoms with Gasteiger partial charge in [-0.1, -0.05) is 34.8 Å². The molecule has 0 saturated carbocycles. The number of carbonyl (C=O) groups is 1. The molecule has 1 aliphatic heterocycles. The monoisotopic (exact) mass is 438 g/mol. The van der Waals surface area contributed by atoms with Crippen molar-refractivity contribution in [3.8, 4) is 0 Å². The molecule has 7 nitrogen and oxygen atoms in total. The van der Waals surface area contributed by atoms with Gasteiger partial charge in [-0.25, -0.2) is 0 Å². The topological polar surface area (TPSA) is 87.2 Å². The molecule has 2 aromatic carbocycles. The van der Waals surface area contributed by atoms with E-state index in [9.17, 15) is 14.4 Å². The molecule has 1 aliphatic rings. The Hall–Kier alpha value is -2.48. The van der Waals surface area contributed by atoms with Crippen molar-refractivity contribution in [1.29, 1.82) is 0 Å². The molecule has 0 aliphatic carbocycles. The highest BCUT2D eigenvalue weighted by molar-refractivity contribution is 6.45. The molecule has 1 amide bonds. The summed E-state index contributed by atoms with van der Waals surface area (Å²) in [6, 6.07) is 8.10. The number of nitrogens with one attached hydrogen (secondary N) is 2. The average molecular weight is 440 g/mol. The van der Waals surface area contributed by atoms with E-state index in [2.05, 4.69) is 10.3 Å². The zero-order valence-electron chi connectivity index (χ0n) is 14.4. The summed E-state index contributed by atoms with van der Waals surface area (Å²) in [6.07, 6.45) is -0.791. The fraction of sp³-hybridized carbons (Fsp3) is 0.167. The number of nitrogens with zero attached hydrogens (tertiary/aromatic N) is 2. The summed E-state index contributed by atoms with van der Waals surface area (Å²) < 4.78 is 1.28. The van der Waals surface area contributed by atoms with Gasteiger partial charge in [-0.05, 0) is 30.3 Å². The van der Waals surface area contributed by atoms with Gasteiger partial charge in [-0.15, -0.1) is 0 Å². The summed E-state index contributed by atoms with van der Waals surface area (Å²) in [4.78, 5) is 41.5. The van der Waals surface area contributed by atoms with Crippen molar-refractivity contribution in [3.05, 3.63) is 66.1 Å². The van der Waals surface area contributed by atoms with Crippen LogP contribution in [0.3, 0.4) is 0 Å². The van der Waals surface area contributed by atoms with Gasteiger partial charge in [0.2, 0.25) is 5.91 Å². The van der Waals surface area contributed by atoms with E-state index < -0.39 is 17.3 Å². The summed E-state index contributed by atoms with van der Waals surface area (Å²) in [7, 11) is 0. The third kappa shape index (κ3) is 2.87. The van der Waals surface area contributed by atoms with Crippen LogP contribution < -0.4 is 21.3 Å². The van der Waals surface area contributed by atoms with Gasteiger partial charge in [0.25, 0.3) is 0 Å². The highest BCUT2D eigenvalue weighted by Gasteiger charge is 2.32. The molecule has 0 bridgehead atoms. The summed E-state index contributed by atoms with van der Waals surface area (Å²) in [5.41, 5.74) is 0.0596. The van der Waals surface area contributed by atoms with Gasteiger partial charge in [-0.2, -0.15) is 0 Å². The molecule has 1 atom stereocenters. The number of carbonyl (C=O) groups excluding carboxylic acids is 1. The minimum absolute atomic E-state index is 0.147. The molecule has 1 aromatic heterocycles. The Bertz CT molecular complexity index is 1230. The van der Waals surface area contributed by atoms with E-state index in [-0.39, 0.29) is 22.5 Å². The first-order valence-corrected chi connectivity index (χ1v) is 9.38. The smallest absolute Gasteiger partial charge is 0.318 e. The lowest BCUT2D eigenvalue weighted by atomic mass is 10.1. The summed E-state index contributed by atoms with van der Waals surface area (Å²) >= 11 is 18.4. The van der Waals surface area contributed by atoms with Crippen molar-refractivity contribution in [1.82, 2.24) is 9.55 Å². The van der Waals surface area contributed by atoms with Crippen molar-refractivity contribution in [2.75, 3.05) is 16.8 Å². The zero-order chi connectivity index (χ0) is 20.2. The van der Waals surface area contributed by atoms with Crippen molar-refractivity contribution in [2.24, 2.45) is 0 Å². The van der Waals surface area contributed by atoms with Gasteiger partial charge in [0.15, 0.2) is 0 Å². The van der Waals surface area contributed by atoms with Gasteiger partial charge >= 0.3 is 11.1 Å². The second kappa shape index (κ2) is 6.84. The predicted octanol–water partition coefficient (Wildman–Crippen LogP) is 3.63. The lowest BCUT2D eigenvalue weighted by Crippen LogP contribution is -2.50. The maximum Gasteiger partial charge on any atom is 0.318 e. The molecule has 0 fully saturated rings. The first kappa shape index (κ1) is 18.9. The van der Waals surface area contributed by atoms with Gasteiger partial charge in [0.05, 0.1) is 33.3 Å². The lowest BCUT2D eigenvalue weighted by Gasteiger charge is -2.37. The second-order valence-electron chi connectivity index (χ2n) is 6.30. The molecule has 0 radical (unpaired) electrons. The molecule has 2 N–H and O–H groups in total. The highest BCUT2D eigenvalue weighted by Crippen LogP contribution is 2.40. The maximum absolute atomic E-state index is 12.8. The number of hydrogen-bond donors (Lipinski definition) is 2. The van der Waals surface area contributed by atoms with E-state index in [1.54, 1.807) is 24.3 Å². The van der Waals surface area contributed by atoms with Crippen LogP contribution >= 0.6 is 34.8 Å². The SMILES string of the molecule is CC(=O)N(c1ccc(Cl)cc1)C1CNc2c(Cl)c(Cl)cc3[nH]c(=O)c(=O)n1c23. The third-order valence-corrected chi connectivity index (χ3v) is 5.64. The minimum Gasteiger partial charge on any atom is -0.378 e. The predicted molar refractivity (Wildman–Crippen MR) is 111 cm³/mol. The zero-order valence-corrected chi connectivity index (χ0v) is 16.7. The number of amides is 1. The van der Waals surface area contributed by atoms with Crippen LogP contribution in [0.1, 0.15) is 13.1 Å². The first-order valence-electron chi connectivity index (χ1n) is 8.25. The number of aromatic amines is 1. The normalized spacial score (nSPS) is 15.4.